The molecular formula is C65H49N. The highest BCUT2D eigenvalue weighted by Crippen LogP contribution is 2.65. The second kappa shape index (κ2) is 15.4. The molecule has 0 amide bonds. The summed E-state index contributed by atoms with van der Waals surface area (Å²) in [5.74, 6) is 3.54. The van der Waals surface area contributed by atoms with Crippen LogP contribution in [0.2, 0.25) is 0 Å². The highest BCUT2D eigenvalue weighted by molar-refractivity contribution is 6.03. The van der Waals surface area contributed by atoms with Crippen LogP contribution in [0, 0.1) is 12.3 Å². The van der Waals surface area contributed by atoms with Crippen LogP contribution in [-0.2, 0) is 10.8 Å². The van der Waals surface area contributed by atoms with Crippen molar-refractivity contribution in [3.63, 3.8) is 0 Å². The van der Waals surface area contributed by atoms with Crippen molar-refractivity contribution in [2.45, 2.75) is 43.9 Å². The lowest BCUT2D eigenvalue weighted by Gasteiger charge is -2.35. The van der Waals surface area contributed by atoms with Crippen LogP contribution in [0.5, 0.6) is 0 Å². The molecule has 1 nitrogen and oxygen atoms in total. The van der Waals surface area contributed by atoms with Crippen LogP contribution >= 0.6 is 0 Å². The van der Waals surface area contributed by atoms with Gasteiger partial charge in [-0.2, -0.15) is 0 Å². The van der Waals surface area contributed by atoms with E-state index in [0.29, 0.717) is 0 Å². The fourth-order valence-corrected chi connectivity index (χ4v) is 11.8. The third-order valence-electron chi connectivity index (χ3n) is 14.9. The molecular weight excluding hydrogens is 795 g/mol. The molecule has 0 saturated carbocycles. The Morgan fingerprint density at radius 2 is 1.00 bits per heavy atom. The summed E-state index contributed by atoms with van der Waals surface area (Å²) in [6.45, 7) is 7.10. The number of benzene rings is 9. The molecule has 0 saturated heterocycles. The molecule has 12 rings (SSSR count). The minimum atomic E-state index is -0.628. The van der Waals surface area contributed by atoms with E-state index in [4.69, 9.17) is 6.42 Å². The summed E-state index contributed by atoms with van der Waals surface area (Å²) in [4.78, 5) is 2.51. The molecule has 0 heterocycles. The number of hydrogen-bond donors (Lipinski definition) is 0. The highest BCUT2D eigenvalue weighted by atomic mass is 15.1. The standard InChI is InChI=1S/C65H49N/c1-5-51-53-38-34-48(46-24-13-8-14-25-46)41-61(53)65(60(51)40-43(2)44-20-9-6-10-21-44)57-29-18-16-27-55(57)63-58(65)30-19-31-62(63)66(49-35-32-47(33-36-49)45-22-11-7-12-23-45)50-37-39-54-52-26-15-17-28-56(52)64(3,4)59(54)42-50/h1,6-39,41-43H,40H2,2-4H3. The molecule has 314 valence electrons. The van der Waals surface area contributed by atoms with Gasteiger partial charge in [0, 0.05) is 27.9 Å². The van der Waals surface area contributed by atoms with Crippen molar-refractivity contribution in [2.24, 2.45) is 0 Å². The third kappa shape index (κ3) is 5.88. The Labute approximate surface area is 389 Å². The number of terminal acetylenes is 1. The van der Waals surface area contributed by atoms with Crippen molar-refractivity contribution < 1.29 is 0 Å². The molecule has 3 aliphatic carbocycles. The van der Waals surface area contributed by atoms with Gasteiger partial charge in [0.15, 0.2) is 0 Å². The van der Waals surface area contributed by atoms with Crippen LogP contribution in [0.15, 0.2) is 224 Å². The van der Waals surface area contributed by atoms with E-state index in [1.54, 1.807) is 0 Å². The molecule has 0 N–H and O–H groups in total. The van der Waals surface area contributed by atoms with E-state index >= 15 is 0 Å². The largest absolute Gasteiger partial charge is 0.310 e. The smallest absolute Gasteiger partial charge is 0.0696 e. The fourth-order valence-electron chi connectivity index (χ4n) is 11.8. The van der Waals surface area contributed by atoms with Gasteiger partial charge in [-0.3, -0.25) is 0 Å². The monoisotopic (exact) mass is 843 g/mol. The van der Waals surface area contributed by atoms with Crippen LogP contribution in [0.25, 0.3) is 50.1 Å². The summed E-state index contributed by atoms with van der Waals surface area (Å²) in [6, 6.07) is 80.7. The van der Waals surface area contributed by atoms with Gasteiger partial charge in [-0.05, 0) is 132 Å². The van der Waals surface area contributed by atoms with Crippen LogP contribution < -0.4 is 4.90 Å². The van der Waals surface area contributed by atoms with Crippen LogP contribution in [0.3, 0.4) is 0 Å². The molecule has 9 aromatic rings. The molecule has 9 aromatic carbocycles. The number of rotatable bonds is 8. The molecule has 0 bridgehead atoms. The molecule has 66 heavy (non-hydrogen) atoms. The van der Waals surface area contributed by atoms with Crippen molar-refractivity contribution in [1.29, 1.82) is 0 Å². The third-order valence-corrected chi connectivity index (χ3v) is 14.9. The van der Waals surface area contributed by atoms with Gasteiger partial charge in [-0.15, -0.1) is 6.42 Å². The lowest BCUT2D eigenvalue weighted by Crippen LogP contribution is -2.28. The summed E-state index contributed by atoms with van der Waals surface area (Å²) in [6.07, 6.45) is 7.57. The van der Waals surface area contributed by atoms with Crippen molar-refractivity contribution in [3.05, 3.63) is 263 Å². The van der Waals surface area contributed by atoms with E-state index in [2.05, 4.69) is 250 Å². The molecule has 0 aliphatic heterocycles. The van der Waals surface area contributed by atoms with Gasteiger partial charge in [-0.25, -0.2) is 0 Å². The van der Waals surface area contributed by atoms with Crippen molar-refractivity contribution >= 4 is 22.6 Å². The maximum atomic E-state index is 6.76. The first-order valence-electron chi connectivity index (χ1n) is 23.3. The van der Waals surface area contributed by atoms with Gasteiger partial charge in [0.25, 0.3) is 0 Å². The van der Waals surface area contributed by atoms with E-state index in [1.165, 1.54) is 83.5 Å². The van der Waals surface area contributed by atoms with E-state index < -0.39 is 5.41 Å². The Kier molecular flexibility index (Phi) is 9.23. The molecule has 0 radical (unpaired) electrons. The zero-order chi connectivity index (χ0) is 44.6. The van der Waals surface area contributed by atoms with Gasteiger partial charge in [-0.1, -0.05) is 209 Å². The predicted octanol–water partition coefficient (Wildman–Crippen LogP) is 16.7. The number of anilines is 3. The maximum absolute atomic E-state index is 6.76. The van der Waals surface area contributed by atoms with Gasteiger partial charge in [0.1, 0.15) is 0 Å². The van der Waals surface area contributed by atoms with Gasteiger partial charge >= 0.3 is 0 Å². The van der Waals surface area contributed by atoms with E-state index in [9.17, 15) is 0 Å². The van der Waals surface area contributed by atoms with Gasteiger partial charge in [0.2, 0.25) is 0 Å². The normalized spacial score (nSPS) is 16.2. The van der Waals surface area contributed by atoms with E-state index in [-0.39, 0.29) is 11.3 Å². The second-order valence-corrected chi connectivity index (χ2v) is 18.8. The second-order valence-electron chi connectivity index (χ2n) is 18.8. The average Bonchev–Trinajstić information content (AvgIpc) is 3.92. The predicted molar refractivity (Wildman–Crippen MR) is 277 cm³/mol. The Morgan fingerprint density at radius 1 is 0.455 bits per heavy atom. The maximum Gasteiger partial charge on any atom is 0.0696 e. The summed E-state index contributed by atoms with van der Waals surface area (Å²) in [5, 5.41) is 0. The number of allylic oxidation sites excluding steroid dienone is 2. The summed E-state index contributed by atoms with van der Waals surface area (Å²) in [7, 11) is 0. The Morgan fingerprint density at radius 3 is 1.71 bits per heavy atom. The molecule has 2 unspecified atom stereocenters. The zero-order valence-corrected chi connectivity index (χ0v) is 37.6. The Bertz CT molecular complexity index is 3420. The number of hydrogen-bond acceptors (Lipinski definition) is 1. The highest BCUT2D eigenvalue weighted by Gasteiger charge is 2.54. The Hall–Kier alpha value is -7.92. The minimum absolute atomic E-state index is 0.162. The quantitative estimate of drug-likeness (QED) is 0.138. The fraction of sp³-hybridized carbons (Fsp3) is 0.108. The summed E-state index contributed by atoms with van der Waals surface area (Å²) >= 11 is 0. The first-order valence-corrected chi connectivity index (χ1v) is 23.3. The molecule has 3 aliphatic rings. The number of fused-ring (bicyclic) bond motifs is 10. The lowest BCUT2D eigenvalue weighted by molar-refractivity contribution is 0.656. The average molecular weight is 844 g/mol. The first-order chi connectivity index (χ1) is 32.4. The van der Waals surface area contributed by atoms with E-state index in [0.717, 1.165) is 34.6 Å². The lowest BCUT2D eigenvalue weighted by atomic mass is 9.67. The van der Waals surface area contributed by atoms with Crippen LogP contribution in [0.4, 0.5) is 17.1 Å². The van der Waals surface area contributed by atoms with Crippen molar-refractivity contribution in [1.82, 2.24) is 0 Å². The number of nitrogens with zero attached hydrogens (tertiary/aromatic N) is 1. The van der Waals surface area contributed by atoms with Crippen LogP contribution in [0.1, 0.15) is 72.1 Å². The zero-order valence-electron chi connectivity index (χ0n) is 37.6. The molecule has 1 spiro atoms. The Balaban J connectivity index is 1.13. The van der Waals surface area contributed by atoms with E-state index in [1.807, 2.05) is 0 Å². The molecule has 2 atom stereocenters. The first kappa shape index (κ1) is 39.7. The SMILES string of the molecule is C#CC1=C(CC(C)c2ccccc2)C2(c3cc(-c4ccccc4)ccc31)c1ccccc1-c1c(N(c3ccc(-c4ccccc4)cc3)c3ccc4c(c3)C(C)(C)c3ccccc3-4)cccc12. The molecule has 0 aromatic heterocycles. The summed E-state index contributed by atoms with van der Waals surface area (Å²) in [5.41, 5.74) is 23.7. The van der Waals surface area contributed by atoms with Gasteiger partial charge < -0.3 is 4.90 Å². The molecule has 0 fully saturated rings. The van der Waals surface area contributed by atoms with Gasteiger partial charge in [0.05, 0.1) is 11.1 Å². The molecule has 1 heteroatoms. The van der Waals surface area contributed by atoms with Crippen molar-refractivity contribution in [3.8, 4) is 56.9 Å². The minimum Gasteiger partial charge on any atom is -0.310 e. The summed E-state index contributed by atoms with van der Waals surface area (Å²) < 4.78 is 0. The topological polar surface area (TPSA) is 3.24 Å². The van der Waals surface area contributed by atoms with Crippen LogP contribution in [-0.4, -0.2) is 0 Å². The van der Waals surface area contributed by atoms with Crippen molar-refractivity contribution in [2.75, 3.05) is 4.90 Å².